The van der Waals surface area contributed by atoms with Gasteiger partial charge in [0.25, 0.3) is 7.52 Å². The molecule has 0 saturated carbocycles. The van der Waals surface area contributed by atoms with Crippen LogP contribution in [0, 0.1) is 0 Å². The van der Waals surface area contributed by atoms with Gasteiger partial charge in [-0.15, -0.1) is 0 Å². The molecule has 0 aliphatic carbocycles. The molecule has 3 nitrogen and oxygen atoms in total. The summed E-state index contributed by atoms with van der Waals surface area (Å²) < 4.78 is 11.8. The Kier molecular flexibility index (Phi) is 3.87. The smallest absolute Gasteiger partial charge is 0.297 e. The molecule has 0 radical (unpaired) electrons. The summed E-state index contributed by atoms with van der Waals surface area (Å²) in [5.74, 6) is 0. The summed E-state index contributed by atoms with van der Waals surface area (Å²) in [7, 11) is -3.37. The molecule has 78 valence electrons. The standard InChI is InChI=1S/C10H16NO2P/c1-3-9(2)11-14(12,13)10-7-5-4-6-8-10/h4-9H,3H2,1-2H3,(H2,11,12,13). The molecule has 0 aliphatic heterocycles. The van der Waals surface area contributed by atoms with Gasteiger partial charge in [0.05, 0.1) is 5.30 Å². The van der Waals surface area contributed by atoms with Crippen molar-refractivity contribution in [2.24, 2.45) is 0 Å². The molecular weight excluding hydrogens is 197 g/mol. The van der Waals surface area contributed by atoms with Gasteiger partial charge in [0.15, 0.2) is 0 Å². The molecule has 0 aromatic heterocycles. The van der Waals surface area contributed by atoms with Crippen molar-refractivity contribution < 1.29 is 9.46 Å². The lowest BCUT2D eigenvalue weighted by molar-refractivity contribution is 0.461. The monoisotopic (exact) mass is 213 g/mol. The molecule has 0 bridgehead atoms. The predicted molar refractivity (Wildman–Crippen MR) is 58.8 cm³/mol. The van der Waals surface area contributed by atoms with E-state index in [0.717, 1.165) is 6.42 Å². The highest BCUT2D eigenvalue weighted by Gasteiger charge is 2.21. The molecule has 0 amide bonds. The van der Waals surface area contributed by atoms with Gasteiger partial charge in [0.2, 0.25) is 0 Å². The van der Waals surface area contributed by atoms with Gasteiger partial charge in [-0.1, -0.05) is 25.1 Å². The maximum absolute atomic E-state index is 11.8. The number of hydrogen-bond acceptors (Lipinski definition) is 1. The third-order valence-electron chi connectivity index (χ3n) is 2.11. The van der Waals surface area contributed by atoms with Crippen molar-refractivity contribution in [3.05, 3.63) is 30.3 Å². The van der Waals surface area contributed by atoms with Gasteiger partial charge in [0, 0.05) is 6.04 Å². The third kappa shape index (κ3) is 2.95. The van der Waals surface area contributed by atoms with Gasteiger partial charge in [-0.3, -0.25) is 4.57 Å². The van der Waals surface area contributed by atoms with Gasteiger partial charge in [0.1, 0.15) is 0 Å². The van der Waals surface area contributed by atoms with Crippen molar-refractivity contribution in [1.29, 1.82) is 0 Å². The first-order valence-electron chi connectivity index (χ1n) is 4.72. The number of benzene rings is 1. The van der Waals surface area contributed by atoms with E-state index in [4.69, 9.17) is 0 Å². The molecule has 14 heavy (non-hydrogen) atoms. The molecule has 1 aromatic rings. The molecule has 0 saturated heterocycles. The van der Waals surface area contributed by atoms with Crippen LogP contribution < -0.4 is 10.4 Å². The fourth-order valence-electron chi connectivity index (χ4n) is 1.09. The van der Waals surface area contributed by atoms with Crippen LogP contribution in [0.4, 0.5) is 0 Å². The van der Waals surface area contributed by atoms with E-state index in [0.29, 0.717) is 5.30 Å². The van der Waals surface area contributed by atoms with E-state index in [1.165, 1.54) is 0 Å². The molecule has 2 N–H and O–H groups in total. The Morgan fingerprint density at radius 1 is 1.43 bits per heavy atom. The summed E-state index contributed by atoms with van der Waals surface area (Å²) in [4.78, 5) is 9.73. The summed E-state index contributed by atoms with van der Waals surface area (Å²) in [6.45, 7) is 3.87. The molecule has 2 atom stereocenters. The normalized spacial score (nSPS) is 17.4. The molecule has 0 fully saturated rings. The lowest BCUT2D eigenvalue weighted by Gasteiger charge is -2.17. The molecule has 0 aliphatic rings. The highest BCUT2D eigenvalue weighted by Crippen LogP contribution is 2.34. The second-order valence-corrected chi connectivity index (χ2v) is 5.28. The predicted octanol–water partition coefficient (Wildman–Crippen LogP) is 1.89. The van der Waals surface area contributed by atoms with Gasteiger partial charge < -0.3 is 4.89 Å². The number of hydrogen-bond donors (Lipinski definition) is 2. The highest BCUT2D eigenvalue weighted by atomic mass is 31.2. The average molecular weight is 213 g/mol. The van der Waals surface area contributed by atoms with Crippen molar-refractivity contribution in [3.8, 4) is 0 Å². The minimum atomic E-state index is -3.37. The lowest BCUT2D eigenvalue weighted by atomic mass is 10.3. The summed E-state index contributed by atoms with van der Waals surface area (Å²) in [5, 5.41) is 3.19. The van der Waals surface area contributed by atoms with Crippen LogP contribution in [0.25, 0.3) is 0 Å². The topological polar surface area (TPSA) is 49.3 Å². The molecule has 0 spiro atoms. The summed E-state index contributed by atoms with van der Waals surface area (Å²) in [6.07, 6.45) is 0.831. The van der Waals surface area contributed by atoms with Crippen LogP contribution in [-0.4, -0.2) is 10.9 Å². The van der Waals surface area contributed by atoms with Gasteiger partial charge in [-0.05, 0) is 25.5 Å². The zero-order chi connectivity index (χ0) is 10.6. The number of rotatable bonds is 4. The van der Waals surface area contributed by atoms with E-state index >= 15 is 0 Å². The van der Waals surface area contributed by atoms with Crippen LogP contribution in [0.15, 0.2) is 30.3 Å². The summed E-state index contributed by atoms with van der Waals surface area (Å²) in [6, 6.07) is 8.72. The minimum Gasteiger partial charge on any atom is -0.330 e. The Balaban J connectivity index is 2.81. The van der Waals surface area contributed by atoms with Crippen LogP contribution in [0.1, 0.15) is 20.3 Å². The Bertz CT molecular complexity index is 326. The molecule has 1 rings (SSSR count). The van der Waals surface area contributed by atoms with Crippen LogP contribution in [0.3, 0.4) is 0 Å². The highest BCUT2D eigenvalue weighted by molar-refractivity contribution is 7.64. The van der Waals surface area contributed by atoms with Crippen molar-refractivity contribution in [2.75, 3.05) is 0 Å². The van der Waals surface area contributed by atoms with Crippen LogP contribution in [-0.2, 0) is 4.57 Å². The van der Waals surface area contributed by atoms with E-state index in [2.05, 4.69) is 5.09 Å². The lowest BCUT2D eigenvalue weighted by Crippen LogP contribution is -2.27. The van der Waals surface area contributed by atoms with Crippen molar-refractivity contribution in [2.45, 2.75) is 26.3 Å². The molecule has 1 aromatic carbocycles. The SMILES string of the molecule is CCC(C)NP(=O)(O)c1ccccc1. The first kappa shape index (κ1) is 11.4. The van der Waals surface area contributed by atoms with Gasteiger partial charge in [-0.2, -0.15) is 0 Å². The fraction of sp³-hybridized carbons (Fsp3) is 0.400. The van der Waals surface area contributed by atoms with Gasteiger partial charge in [-0.25, -0.2) is 5.09 Å². The van der Waals surface area contributed by atoms with Crippen molar-refractivity contribution >= 4 is 12.8 Å². The summed E-state index contributed by atoms with van der Waals surface area (Å²) in [5.41, 5.74) is 0. The quantitative estimate of drug-likeness (QED) is 0.751. The zero-order valence-corrected chi connectivity index (χ0v) is 9.37. The zero-order valence-electron chi connectivity index (χ0n) is 8.47. The molecule has 4 heteroatoms. The largest absolute Gasteiger partial charge is 0.330 e. The van der Waals surface area contributed by atoms with Gasteiger partial charge >= 0.3 is 0 Å². The maximum Gasteiger partial charge on any atom is 0.297 e. The van der Waals surface area contributed by atoms with E-state index in [-0.39, 0.29) is 6.04 Å². The Morgan fingerprint density at radius 3 is 2.50 bits per heavy atom. The van der Waals surface area contributed by atoms with Crippen LogP contribution in [0.2, 0.25) is 0 Å². The molecule has 2 unspecified atom stereocenters. The third-order valence-corrected chi connectivity index (χ3v) is 3.90. The fourth-order valence-corrected chi connectivity index (χ4v) is 2.60. The Labute approximate surface area is 84.7 Å². The Morgan fingerprint density at radius 2 is 2.00 bits per heavy atom. The minimum absolute atomic E-state index is 0.0473. The molecular formula is C10H16NO2P. The first-order valence-corrected chi connectivity index (χ1v) is 6.38. The first-order chi connectivity index (χ1) is 6.56. The second kappa shape index (κ2) is 4.74. The van der Waals surface area contributed by atoms with Crippen LogP contribution in [0.5, 0.6) is 0 Å². The van der Waals surface area contributed by atoms with Crippen LogP contribution >= 0.6 is 7.52 Å². The van der Waals surface area contributed by atoms with E-state index in [1.54, 1.807) is 24.3 Å². The summed E-state index contributed by atoms with van der Waals surface area (Å²) >= 11 is 0. The second-order valence-electron chi connectivity index (χ2n) is 3.35. The average Bonchev–Trinajstić information content (AvgIpc) is 2.18. The van der Waals surface area contributed by atoms with Crippen molar-refractivity contribution in [3.63, 3.8) is 0 Å². The van der Waals surface area contributed by atoms with E-state index < -0.39 is 7.52 Å². The maximum atomic E-state index is 11.8. The van der Waals surface area contributed by atoms with E-state index in [9.17, 15) is 9.46 Å². The molecule has 0 heterocycles. The number of nitrogens with one attached hydrogen (secondary N) is 1. The van der Waals surface area contributed by atoms with Crippen molar-refractivity contribution in [1.82, 2.24) is 5.09 Å². The van der Waals surface area contributed by atoms with E-state index in [1.807, 2.05) is 19.9 Å². The Hall–Kier alpha value is -0.630.